The first-order valence-electron chi connectivity index (χ1n) is 7.55. The van der Waals surface area contributed by atoms with Crippen molar-refractivity contribution in [1.82, 2.24) is 19.9 Å². The third-order valence-corrected chi connectivity index (χ3v) is 4.03. The molecule has 0 spiro atoms. The molecule has 1 aromatic carbocycles. The van der Waals surface area contributed by atoms with Gasteiger partial charge < -0.3 is 10.3 Å². The van der Waals surface area contributed by atoms with E-state index in [1.807, 2.05) is 0 Å². The lowest BCUT2D eigenvalue weighted by molar-refractivity contribution is 0.630. The van der Waals surface area contributed by atoms with Crippen molar-refractivity contribution in [1.29, 1.82) is 0 Å². The highest BCUT2D eigenvalue weighted by Gasteiger charge is 2.16. The van der Waals surface area contributed by atoms with Crippen LogP contribution in [0.1, 0.15) is 0 Å². The van der Waals surface area contributed by atoms with E-state index in [0.29, 0.717) is 34.2 Å². The number of H-pyrrole nitrogens is 1. The largest absolute Gasteiger partial charge is 0.338 e. The molecule has 0 saturated carbocycles. The predicted octanol–water partition coefficient (Wildman–Crippen LogP) is 5.11. The first-order valence-corrected chi connectivity index (χ1v) is 7.93. The summed E-state index contributed by atoms with van der Waals surface area (Å²) in [5, 5.41) is 3.30. The normalized spacial score (nSPS) is 10.7. The van der Waals surface area contributed by atoms with E-state index in [9.17, 15) is 4.39 Å². The molecule has 3 heterocycles. The molecule has 2 N–H and O–H groups in total. The van der Waals surface area contributed by atoms with Crippen LogP contribution in [-0.4, -0.2) is 19.9 Å². The Labute approximate surface area is 152 Å². The molecular weight excluding hydrogens is 355 g/mol. The monoisotopic (exact) mass is 364 g/mol. The molecule has 26 heavy (non-hydrogen) atoms. The SMILES string of the molecule is [C-]#[N+]c1ccnc(Nc2nccc3[nH]c(-c4c(F)cccc4Cl)nc23)c1. The molecule has 0 radical (unpaired) electrons. The average Bonchev–Trinajstić information content (AvgIpc) is 3.06. The number of anilines is 2. The number of benzene rings is 1. The van der Waals surface area contributed by atoms with E-state index >= 15 is 0 Å². The molecule has 0 fully saturated rings. The zero-order valence-electron chi connectivity index (χ0n) is 13.2. The number of hydrogen-bond acceptors (Lipinski definition) is 4. The Morgan fingerprint density at radius 3 is 2.81 bits per heavy atom. The van der Waals surface area contributed by atoms with Gasteiger partial charge in [0.05, 0.1) is 22.7 Å². The van der Waals surface area contributed by atoms with Gasteiger partial charge in [-0.1, -0.05) is 17.7 Å². The minimum Gasteiger partial charge on any atom is -0.338 e. The summed E-state index contributed by atoms with van der Waals surface area (Å²) in [4.78, 5) is 19.3. The van der Waals surface area contributed by atoms with Gasteiger partial charge in [0.2, 0.25) is 0 Å². The van der Waals surface area contributed by atoms with Crippen molar-refractivity contribution in [2.45, 2.75) is 0 Å². The summed E-state index contributed by atoms with van der Waals surface area (Å²) < 4.78 is 14.2. The molecule has 6 nitrogen and oxygen atoms in total. The van der Waals surface area contributed by atoms with E-state index in [1.165, 1.54) is 18.3 Å². The average molecular weight is 365 g/mol. The fourth-order valence-electron chi connectivity index (χ4n) is 2.55. The molecule has 8 heteroatoms. The zero-order valence-corrected chi connectivity index (χ0v) is 13.9. The summed E-state index contributed by atoms with van der Waals surface area (Å²) in [5.41, 5.74) is 1.83. The summed E-state index contributed by atoms with van der Waals surface area (Å²) in [7, 11) is 0. The number of aromatic amines is 1. The van der Waals surface area contributed by atoms with E-state index in [0.717, 1.165) is 0 Å². The molecule has 4 rings (SSSR count). The van der Waals surface area contributed by atoms with Crippen LogP contribution >= 0.6 is 11.6 Å². The molecule has 0 unspecified atom stereocenters. The zero-order chi connectivity index (χ0) is 18.1. The van der Waals surface area contributed by atoms with Crippen molar-refractivity contribution < 1.29 is 4.39 Å². The van der Waals surface area contributed by atoms with Crippen LogP contribution in [0.3, 0.4) is 0 Å². The van der Waals surface area contributed by atoms with Gasteiger partial charge in [-0.15, -0.1) is 0 Å². The number of rotatable bonds is 3. The van der Waals surface area contributed by atoms with Crippen LogP contribution in [0, 0.1) is 12.4 Å². The lowest BCUT2D eigenvalue weighted by atomic mass is 10.2. The quantitative estimate of drug-likeness (QED) is 0.496. The highest BCUT2D eigenvalue weighted by molar-refractivity contribution is 6.33. The molecule has 0 amide bonds. The minimum absolute atomic E-state index is 0.199. The van der Waals surface area contributed by atoms with Gasteiger partial charge in [0.25, 0.3) is 0 Å². The first kappa shape index (κ1) is 16.0. The van der Waals surface area contributed by atoms with Crippen LogP contribution < -0.4 is 5.32 Å². The third kappa shape index (κ3) is 2.83. The maximum absolute atomic E-state index is 14.2. The summed E-state index contributed by atoms with van der Waals surface area (Å²) in [5.74, 6) is 0.742. The highest BCUT2D eigenvalue weighted by atomic mass is 35.5. The van der Waals surface area contributed by atoms with Gasteiger partial charge in [-0.05, 0) is 30.3 Å². The smallest absolute Gasteiger partial charge is 0.192 e. The molecule has 3 aromatic heterocycles. The third-order valence-electron chi connectivity index (χ3n) is 3.72. The number of halogens is 2. The number of nitrogens with one attached hydrogen (secondary N) is 2. The van der Waals surface area contributed by atoms with E-state index in [4.69, 9.17) is 18.2 Å². The molecule has 126 valence electrons. The Kier molecular flexibility index (Phi) is 3.95. The number of aromatic nitrogens is 4. The topological polar surface area (TPSA) is 70.8 Å². The van der Waals surface area contributed by atoms with E-state index < -0.39 is 5.82 Å². The van der Waals surface area contributed by atoms with Crippen molar-refractivity contribution in [2.75, 3.05) is 5.32 Å². The molecule has 0 aliphatic heterocycles. The summed E-state index contributed by atoms with van der Waals surface area (Å²) in [6, 6.07) is 9.41. The fourth-order valence-corrected chi connectivity index (χ4v) is 2.80. The van der Waals surface area contributed by atoms with E-state index in [1.54, 1.807) is 30.5 Å². The van der Waals surface area contributed by atoms with Crippen LogP contribution in [-0.2, 0) is 0 Å². The van der Waals surface area contributed by atoms with Crippen molar-refractivity contribution in [3.63, 3.8) is 0 Å². The highest BCUT2D eigenvalue weighted by Crippen LogP contribution is 2.32. The fraction of sp³-hybridized carbons (Fsp3) is 0. The Balaban J connectivity index is 1.80. The second kappa shape index (κ2) is 6.43. The van der Waals surface area contributed by atoms with Crippen LogP contribution in [0.15, 0.2) is 48.8 Å². The Morgan fingerprint density at radius 1 is 1.15 bits per heavy atom. The summed E-state index contributed by atoms with van der Waals surface area (Å²) in [6.07, 6.45) is 3.12. The van der Waals surface area contributed by atoms with Gasteiger partial charge in [0, 0.05) is 12.4 Å². The Morgan fingerprint density at radius 2 is 2.00 bits per heavy atom. The molecular formula is C18H10ClFN6. The van der Waals surface area contributed by atoms with E-state index in [-0.39, 0.29) is 10.6 Å². The molecule has 0 bridgehead atoms. The van der Waals surface area contributed by atoms with Crippen molar-refractivity contribution in [3.05, 3.63) is 71.0 Å². The molecule has 4 aromatic rings. The lowest BCUT2D eigenvalue weighted by Crippen LogP contribution is -1.96. The van der Waals surface area contributed by atoms with Gasteiger partial charge in [-0.3, -0.25) is 0 Å². The summed E-state index contributed by atoms with van der Waals surface area (Å²) in [6.45, 7) is 7.08. The first-order chi connectivity index (χ1) is 12.7. The predicted molar refractivity (Wildman–Crippen MR) is 98.1 cm³/mol. The van der Waals surface area contributed by atoms with Crippen LogP contribution in [0.5, 0.6) is 0 Å². The lowest BCUT2D eigenvalue weighted by Gasteiger charge is -2.05. The van der Waals surface area contributed by atoms with Crippen LogP contribution in [0.4, 0.5) is 21.7 Å². The molecule has 0 saturated heterocycles. The number of nitrogens with zero attached hydrogens (tertiary/aromatic N) is 4. The molecule has 0 aliphatic carbocycles. The van der Waals surface area contributed by atoms with Gasteiger partial charge in [-0.25, -0.2) is 24.2 Å². The van der Waals surface area contributed by atoms with Gasteiger partial charge in [0.1, 0.15) is 23.0 Å². The minimum atomic E-state index is -0.467. The van der Waals surface area contributed by atoms with Gasteiger partial charge >= 0.3 is 0 Å². The Bertz CT molecular complexity index is 1140. The Hall–Kier alpha value is -3.50. The van der Waals surface area contributed by atoms with Gasteiger partial charge in [-0.2, -0.15) is 0 Å². The number of fused-ring (bicyclic) bond motifs is 1. The number of imidazole rings is 1. The second-order valence-corrected chi connectivity index (χ2v) is 5.78. The maximum Gasteiger partial charge on any atom is 0.192 e. The van der Waals surface area contributed by atoms with E-state index in [2.05, 4.69) is 30.1 Å². The standard InChI is InChI=1S/C18H10ClFN6/c1-21-10-5-7-22-14(9-10)25-18-16-13(6-8-23-18)24-17(26-16)15-11(19)3-2-4-12(15)20/h2-9H,(H,24,26)(H,22,23,25). The van der Waals surface area contributed by atoms with Crippen LogP contribution in [0.25, 0.3) is 27.3 Å². The van der Waals surface area contributed by atoms with Gasteiger partial charge in [0.15, 0.2) is 11.5 Å². The molecule has 0 aliphatic rings. The number of pyridine rings is 2. The maximum atomic E-state index is 14.2. The second-order valence-electron chi connectivity index (χ2n) is 5.37. The van der Waals surface area contributed by atoms with Crippen molar-refractivity contribution >= 4 is 40.0 Å². The van der Waals surface area contributed by atoms with Crippen molar-refractivity contribution in [2.24, 2.45) is 0 Å². The number of hydrogen-bond donors (Lipinski definition) is 2. The van der Waals surface area contributed by atoms with Crippen LogP contribution in [0.2, 0.25) is 5.02 Å². The van der Waals surface area contributed by atoms with Crippen molar-refractivity contribution in [3.8, 4) is 11.4 Å². The molecule has 0 atom stereocenters. The summed E-state index contributed by atoms with van der Waals surface area (Å²) >= 11 is 6.13.